The summed E-state index contributed by atoms with van der Waals surface area (Å²) in [6.07, 6.45) is 4.12. The molecule has 0 atom stereocenters. The van der Waals surface area contributed by atoms with Crippen LogP contribution in [-0.2, 0) is 6.54 Å². The number of H-pyrrole nitrogens is 1. The molecule has 0 aliphatic carbocycles. The Hall–Kier alpha value is -6.18. The quantitative estimate of drug-likeness (QED) is 0.146. The zero-order chi connectivity index (χ0) is 36.6. The smallest absolute Gasteiger partial charge is 0.127 e. The lowest BCUT2D eigenvalue weighted by atomic mass is 10.0. The van der Waals surface area contributed by atoms with Crippen molar-refractivity contribution in [1.82, 2.24) is 14.5 Å². The van der Waals surface area contributed by atoms with E-state index < -0.39 is 0 Å². The molecule has 5 nitrogen and oxygen atoms in total. The molecule has 0 bridgehead atoms. The molecule has 53 heavy (non-hydrogen) atoms. The second kappa shape index (κ2) is 16.4. The summed E-state index contributed by atoms with van der Waals surface area (Å²) in [6.45, 7) is 8.65. The molecule has 8 aromatic rings. The van der Waals surface area contributed by atoms with Crippen LogP contribution < -0.4 is 9.47 Å². The summed E-state index contributed by atoms with van der Waals surface area (Å²) in [7, 11) is 0. The number of nitrogens with zero attached hydrogens (tertiary/aromatic N) is 2. The minimum absolute atomic E-state index is 0.269. The number of aromatic amines is 1. The monoisotopic (exact) mass is 705 g/mol. The van der Waals surface area contributed by atoms with Gasteiger partial charge in [-0.3, -0.25) is 0 Å². The van der Waals surface area contributed by atoms with E-state index in [1.807, 2.05) is 42.6 Å². The number of aromatic nitrogens is 2. The van der Waals surface area contributed by atoms with Crippen molar-refractivity contribution in [2.24, 2.45) is 0 Å². The highest BCUT2D eigenvalue weighted by Crippen LogP contribution is 2.30. The lowest BCUT2D eigenvalue weighted by Crippen LogP contribution is -2.26. The largest absolute Gasteiger partial charge is 0.457 e. The first-order valence-corrected chi connectivity index (χ1v) is 17.9. The van der Waals surface area contributed by atoms with Crippen LogP contribution in [0.1, 0.15) is 13.8 Å². The number of benzene rings is 6. The second-order valence-corrected chi connectivity index (χ2v) is 12.8. The summed E-state index contributed by atoms with van der Waals surface area (Å²) in [6, 6.07) is 45.1. The van der Waals surface area contributed by atoms with E-state index in [4.69, 9.17) is 9.47 Å². The third-order valence-corrected chi connectivity index (χ3v) is 9.35. The van der Waals surface area contributed by atoms with Gasteiger partial charge in [-0.05, 0) is 150 Å². The minimum atomic E-state index is -0.271. The Morgan fingerprint density at radius 2 is 1.00 bits per heavy atom. The van der Waals surface area contributed by atoms with Gasteiger partial charge in [0.15, 0.2) is 0 Å². The van der Waals surface area contributed by atoms with E-state index >= 15 is 0 Å². The first-order chi connectivity index (χ1) is 25.9. The highest BCUT2D eigenvalue weighted by Gasteiger charge is 2.07. The maximum atomic E-state index is 13.0. The molecule has 8 rings (SSSR count). The summed E-state index contributed by atoms with van der Waals surface area (Å²) in [5, 5.41) is 2.44. The Morgan fingerprint density at radius 1 is 0.528 bits per heavy atom. The predicted molar refractivity (Wildman–Crippen MR) is 212 cm³/mol. The van der Waals surface area contributed by atoms with E-state index in [1.165, 1.54) is 46.1 Å². The van der Waals surface area contributed by atoms with Crippen molar-refractivity contribution in [3.63, 3.8) is 0 Å². The van der Waals surface area contributed by atoms with Crippen molar-refractivity contribution in [2.45, 2.75) is 20.4 Å². The van der Waals surface area contributed by atoms with Gasteiger partial charge < -0.3 is 23.9 Å². The van der Waals surface area contributed by atoms with Crippen LogP contribution in [0.2, 0.25) is 0 Å². The number of hydrogen-bond acceptors (Lipinski definition) is 3. The molecule has 0 aliphatic heterocycles. The zero-order valence-electron chi connectivity index (χ0n) is 29.8. The van der Waals surface area contributed by atoms with Crippen LogP contribution in [-0.4, -0.2) is 34.1 Å². The molecule has 2 heterocycles. The fraction of sp³-hybridized carbons (Fsp3) is 0.130. The first-order valence-electron chi connectivity index (χ1n) is 17.9. The van der Waals surface area contributed by atoms with E-state index in [0.717, 1.165) is 59.9 Å². The molecule has 1 N–H and O–H groups in total. The number of likely N-dealkylation sites (N-methyl/N-ethyl adjacent to an activating group) is 1. The summed E-state index contributed by atoms with van der Waals surface area (Å²) in [4.78, 5) is 5.63. The van der Waals surface area contributed by atoms with Gasteiger partial charge >= 0.3 is 0 Å². The fourth-order valence-electron chi connectivity index (χ4n) is 6.30. The van der Waals surface area contributed by atoms with E-state index in [2.05, 4.69) is 95.2 Å². The van der Waals surface area contributed by atoms with E-state index in [-0.39, 0.29) is 11.6 Å². The highest BCUT2D eigenvalue weighted by atomic mass is 19.1. The van der Waals surface area contributed by atoms with Gasteiger partial charge in [-0.15, -0.1) is 0 Å². The molecule has 7 heteroatoms. The molecule has 6 aromatic carbocycles. The summed E-state index contributed by atoms with van der Waals surface area (Å²) < 4.78 is 39.8. The van der Waals surface area contributed by atoms with Crippen LogP contribution in [0.15, 0.2) is 158 Å². The maximum Gasteiger partial charge on any atom is 0.127 e. The Labute approximate surface area is 308 Å². The Kier molecular flexibility index (Phi) is 10.9. The van der Waals surface area contributed by atoms with E-state index in [1.54, 1.807) is 24.3 Å². The van der Waals surface area contributed by atoms with Crippen molar-refractivity contribution in [1.29, 1.82) is 0 Å². The molecule has 0 fully saturated rings. The molecule has 0 saturated carbocycles. The van der Waals surface area contributed by atoms with Gasteiger partial charge in [-0.2, -0.15) is 0 Å². The van der Waals surface area contributed by atoms with Gasteiger partial charge in [-0.1, -0.05) is 50.2 Å². The van der Waals surface area contributed by atoms with Gasteiger partial charge in [-0.25, -0.2) is 8.78 Å². The van der Waals surface area contributed by atoms with Crippen LogP contribution >= 0.6 is 0 Å². The number of rotatable bonds is 11. The number of fused-ring (bicyclic) bond motifs is 2. The number of hydrogen-bond donors (Lipinski definition) is 1. The lowest BCUT2D eigenvalue weighted by Gasteiger charge is -2.18. The molecule has 0 aliphatic rings. The minimum Gasteiger partial charge on any atom is -0.457 e. The highest BCUT2D eigenvalue weighted by molar-refractivity contribution is 5.86. The Morgan fingerprint density at radius 3 is 1.53 bits per heavy atom. The lowest BCUT2D eigenvalue weighted by molar-refractivity contribution is 0.292. The standard InChI is InChI=1S/C26H27FN2O.C20H14FNO/c1-3-28(4-2)17-18-29-16-15-22-19-21(7-14-26(22)29)20-5-10-24(11-6-20)30-25-12-8-23(27)9-13-25;21-17-4-8-19(9-5-17)23-18-6-1-14(2-7-18)15-3-10-20-16(13-15)11-12-22-20/h5-16,19H,3-4,17-18H2,1-2H3;1-13,22H. The van der Waals surface area contributed by atoms with E-state index in [9.17, 15) is 8.78 Å². The van der Waals surface area contributed by atoms with Crippen LogP contribution in [0, 0.1) is 11.6 Å². The van der Waals surface area contributed by atoms with Crippen molar-refractivity contribution in [3.05, 3.63) is 170 Å². The third kappa shape index (κ3) is 8.83. The summed E-state index contributed by atoms with van der Waals surface area (Å²) in [5.74, 6) is 2.16. The van der Waals surface area contributed by atoms with Gasteiger partial charge in [0, 0.05) is 41.9 Å². The van der Waals surface area contributed by atoms with Gasteiger partial charge in [0.2, 0.25) is 0 Å². The third-order valence-electron chi connectivity index (χ3n) is 9.35. The summed E-state index contributed by atoms with van der Waals surface area (Å²) in [5.41, 5.74) is 6.99. The molecule has 0 radical (unpaired) electrons. The summed E-state index contributed by atoms with van der Waals surface area (Å²) >= 11 is 0. The molecule has 2 aromatic heterocycles. The number of nitrogens with one attached hydrogen (secondary N) is 1. The topological polar surface area (TPSA) is 42.4 Å². The number of halogens is 2. The van der Waals surface area contributed by atoms with E-state index in [0.29, 0.717) is 11.5 Å². The van der Waals surface area contributed by atoms with Crippen molar-refractivity contribution >= 4 is 21.8 Å². The van der Waals surface area contributed by atoms with Crippen LogP contribution in [0.3, 0.4) is 0 Å². The normalized spacial score (nSPS) is 11.1. The maximum absolute atomic E-state index is 13.0. The van der Waals surface area contributed by atoms with Gasteiger partial charge in [0.05, 0.1) is 0 Å². The Bertz CT molecular complexity index is 2380. The van der Waals surface area contributed by atoms with Gasteiger partial charge in [0.1, 0.15) is 34.6 Å². The average molecular weight is 706 g/mol. The molecule has 0 unspecified atom stereocenters. The van der Waals surface area contributed by atoms with Crippen molar-refractivity contribution in [3.8, 4) is 45.3 Å². The van der Waals surface area contributed by atoms with Crippen molar-refractivity contribution < 1.29 is 18.3 Å². The van der Waals surface area contributed by atoms with Crippen LogP contribution in [0.25, 0.3) is 44.1 Å². The average Bonchev–Trinajstić information content (AvgIpc) is 3.84. The number of ether oxygens (including phenoxy) is 2. The molecule has 0 amide bonds. The molecular weight excluding hydrogens is 665 g/mol. The molecule has 0 spiro atoms. The zero-order valence-corrected chi connectivity index (χ0v) is 29.8. The van der Waals surface area contributed by atoms with Crippen molar-refractivity contribution in [2.75, 3.05) is 19.6 Å². The van der Waals surface area contributed by atoms with Crippen LogP contribution in [0.4, 0.5) is 8.78 Å². The molecule has 0 saturated heterocycles. The second-order valence-electron chi connectivity index (χ2n) is 12.8. The van der Waals surface area contributed by atoms with Crippen LogP contribution in [0.5, 0.6) is 23.0 Å². The Balaban J connectivity index is 0.000000170. The first kappa shape index (κ1) is 35.2. The SMILES string of the molecule is CCN(CC)CCn1ccc2cc(-c3ccc(Oc4ccc(F)cc4)cc3)ccc21.Fc1ccc(Oc2ccc(-c3ccc4[nH]ccc4c3)cc2)cc1. The molecule has 266 valence electrons. The predicted octanol–water partition coefficient (Wildman–Crippen LogP) is 12.3. The fourth-order valence-corrected chi connectivity index (χ4v) is 6.30. The van der Waals surface area contributed by atoms with Gasteiger partial charge in [0.25, 0.3) is 0 Å². The molecular formula is C46H41F2N3O2.